The number of carbonyl (C=O) groups is 1. The third-order valence-electron chi connectivity index (χ3n) is 1.81. The lowest BCUT2D eigenvalue weighted by atomic mass is 9.86. The molecule has 0 fully saturated rings. The van der Waals surface area contributed by atoms with E-state index in [0.717, 1.165) is 13.8 Å². The minimum Gasteiger partial charge on any atom is -0.479 e. The number of aliphatic hydroxyl groups excluding tert-OH is 2. The highest BCUT2D eigenvalue weighted by Crippen LogP contribution is 2.41. The van der Waals surface area contributed by atoms with Gasteiger partial charge in [0.15, 0.2) is 12.4 Å². The normalized spacial score (nSPS) is 17.2. The number of hydrogen-bond acceptors (Lipinski definition) is 5. The van der Waals surface area contributed by atoms with Gasteiger partial charge in [-0.2, -0.15) is 0 Å². The number of carboxylic acid groups (broad SMARTS) is 1. The highest BCUT2D eigenvalue weighted by atomic mass is 31.2. The van der Waals surface area contributed by atoms with Crippen molar-refractivity contribution in [2.45, 2.75) is 26.2 Å². The van der Waals surface area contributed by atoms with Gasteiger partial charge in [-0.1, -0.05) is 13.8 Å². The monoisotopic (exact) mass is 244 g/mol. The molecule has 0 aliphatic carbocycles. The predicted molar refractivity (Wildman–Crippen MR) is 46.6 cm³/mol. The van der Waals surface area contributed by atoms with Crippen LogP contribution in [0.25, 0.3) is 0 Å². The zero-order valence-corrected chi connectivity index (χ0v) is 8.96. The van der Waals surface area contributed by atoms with Gasteiger partial charge < -0.3 is 25.1 Å². The van der Waals surface area contributed by atoms with Crippen LogP contribution in [0.5, 0.6) is 0 Å². The van der Waals surface area contributed by atoms with Crippen molar-refractivity contribution in [3.63, 3.8) is 0 Å². The van der Waals surface area contributed by atoms with Crippen molar-refractivity contribution in [2.75, 3.05) is 0 Å². The molecule has 0 aromatic heterocycles. The van der Waals surface area contributed by atoms with Gasteiger partial charge in [-0.3, -0.25) is 4.52 Å². The maximum atomic E-state index is 10.4. The summed E-state index contributed by atoms with van der Waals surface area (Å²) in [4.78, 5) is 27.1. The molecule has 0 amide bonds. The van der Waals surface area contributed by atoms with Crippen LogP contribution in [0.2, 0.25) is 0 Å². The van der Waals surface area contributed by atoms with E-state index in [1.54, 1.807) is 0 Å². The topological polar surface area (TPSA) is 145 Å². The van der Waals surface area contributed by atoms with Crippen molar-refractivity contribution in [3.8, 4) is 0 Å². The lowest BCUT2D eigenvalue weighted by Gasteiger charge is -2.32. The van der Waals surface area contributed by atoms with Crippen LogP contribution in [0.1, 0.15) is 13.8 Å². The first-order valence-electron chi connectivity index (χ1n) is 3.81. The molecule has 9 heteroatoms. The molecule has 0 aromatic carbocycles. The van der Waals surface area contributed by atoms with Crippen molar-refractivity contribution < 1.29 is 39.0 Å². The van der Waals surface area contributed by atoms with Crippen molar-refractivity contribution in [3.05, 3.63) is 0 Å². The zero-order valence-electron chi connectivity index (χ0n) is 8.06. The Morgan fingerprint density at radius 3 is 2.00 bits per heavy atom. The van der Waals surface area contributed by atoms with Gasteiger partial charge in [-0.05, 0) is 0 Å². The summed E-state index contributed by atoms with van der Waals surface area (Å²) in [6.45, 7) is 2.18. The molecular formula is C6H13O8P. The summed E-state index contributed by atoms with van der Waals surface area (Å²) >= 11 is 0. The summed E-state index contributed by atoms with van der Waals surface area (Å²) in [5, 5.41) is 26.8. The summed E-state index contributed by atoms with van der Waals surface area (Å²) in [7, 11) is -4.94. The van der Waals surface area contributed by atoms with Crippen LogP contribution in [-0.4, -0.2) is 43.5 Å². The number of phosphoric ester groups is 1. The van der Waals surface area contributed by atoms with Gasteiger partial charge in [-0.15, -0.1) is 0 Å². The first-order chi connectivity index (χ1) is 6.48. The van der Waals surface area contributed by atoms with Crippen molar-refractivity contribution in [1.29, 1.82) is 0 Å². The number of rotatable bonds is 5. The van der Waals surface area contributed by atoms with Crippen molar-refractivity contribution in [1.82, 2.24) is 0 Å². The largest absolute Gasteiger partial charge is 0.479 e. The van der Waals surface area contributed by atoms with Crippen LogP contribution in [0, 0.1) is 5.41 Å². The average Bonchev–Trinajstić information content (AvgIpc) is 1.99. The molecule has 0 aliphatic heterocycles. The number of phosphoric acid groups is 1. The van der Waals surface area contributed by atoms with E-state index in [2.05, 4.69) is 4.52 Å². The first-order valence-corrected chi connectivity index (χ1v) is 5.34. The fraction of sp³-hybridized carbons (Fsp3) is 0.833. The van der Waals surface area contributed by atoms with Gasteiger partial charge in [0.1, 0.15) is 0 Å². The Hall–Kier alpha value is -0.500. The third kappa shape index (κ3) is 4.25. The zero-order chi connectivity index (χ0) is 12.4. The van der Waals surface area contributed by atoms with E-state index in [4.69, 9.17) is 20.0 Å². The second kappa shape index (κ2) is 4.56. The molecule has 0 spiro atoms. The van der Waals surface area contributed by atoms with E-state index in [-0.39, 0.29) is 0 Å². The lowest BCUT2D eigenvalue weighted by Crippen LogP contribution is -2.45. The standard InChI is InChI=1S/C6H13O8P/c1-6(2,3(7)4(8)9)5(10)14-15(11,12)13/h3,5,7,10H,1-2H3,(H,8,9)(H2,11,12,13)/t3-,5?/m0/s1. The Bertz CT molecular complexity index is 281. The Morgan fingerprint density at radius 1 is 1.33 bits per heavy atom. The van der Waals surface area contributed by atoms with Gasteiger partial charge >= 0.3 is 13.8 Å². The third-order valence-corrected chi connectivity index (χ3v) is 2.29. The second-order valence-electron chi connectivity index (χ2n) is 3.51. The van der Waals surface area contributed by atoms with E-state index in [0.29, 0.717) is 0 Å². The number of aliphatic hydroxyl groups is 2. The molecule has 0 aromatic rings. The predicted octanol–water partition coefficient (Wildman–Crippen LogP) is -1.11. The molecule has 0 heterocycles. The molecule has 90 valence electrons. The SMILES string of the molecule is CC(C)(C(O)OP(=O)(O)O)[C@@H](O)C(=O)O. The minimum atomic E-state index is -4.94. The molecule has 5 N–H and O–H groups in total. The average molecular weight is 244 g/mol. The van der Waals surface area contributed by atoms with Crippen LogP contribution in [0.15, 0.2) is 0 Å². The van der Waals surface area contributed by atoms with Gasteiger partial charge in [0.25, 0.3) is 0 Å². The van der Waals surface area contributed by atoms with Crippen LogP contribution < -0.4 is 0 Å². The van der Waals surface area contributed by atoms with Gasteiger partial charge in [0.05, 0.1) is 5.41 Å². The van der Waals surface area contributed by atoms with Gasteiger partial charge in [-0.25, -0.2) is 9.36 Å². The van der Waals surface area contributed by atoms with Crippen LogP contribution in [0.3, 0.4) is 0 Å². The highest BCUT2D eigenvalue weighted by molar-refractivity contribution is 7.46. The van der Waals surface area contributed by atoms with Gasteiger partial charge in [0.2, 0.25) is 0 Å². The van der Waals surface area contributed by atoms with Crippen LogP contribution in [0.4, 0.5) is 0 Å². The van der Waals surface area contributed by atoms with Crippen LogP contribution >= 0.6 is 7.82 Å². The summed E-state index contributed by atoms with van der Waals surface area (Å²) < 4.78 is 14.2. The van der Waals surface area contributed by atoms with E-state index in [1.165, 1.54) is 0 Å². The summed E-state index contributed by atoms with van der Waals surface area (Å²) in [5.74, 6) is -1.63. The fourth-order valence-corrected chi connectivity index (χ4v) is 1.25. The lowest BCUT2D eigenvalue weighted by molar-refractivity contribution is -0.180. The number of aliphatic carboxylic acids is 1. The van der Waals surface area contributed by atoms with E-state index < -0.39 is 31.6 Å². The molecule has 0 radical (unpaired) electrons. The van der Waals surface area contributed by atoms with E-state index >= 15 is 0 Å². The summed E-state index contributed by atoms with van der Waals surface area (Å²) in [5.41, 5.74) is -1.76. The van der Waals surface area contributed by atoms with Gasteiger partial charge in [0, 0.05) is 0 Å². The Balaban J connectivity index is 4.73. The fourth-order valence-electron chi connectivity index (χ4n) is 0.719. The molecule has 1 unspecified atom stereocenters. The Labute approximate surface area is 85.4 Å². The minimum absolute atomic E-state index is 1.09. The van der Waals surface area contributed by atoms with E-state index in [9.17, 15) is 14.5 Å². The summed E-state index contributed by atoms with van der Waals surface area (Å²) in [6.07, 6.45) is -4.12. The Morgan fingerprint density at radius 2 is 1.73 bits per heavy atom. The molecule has 0 bridgehead atoms. The number of carboxylic acids is 1. The molecular weight excluding hydrogens is 231 g/mol. The highest BCUT2D eigenvalue weighted by Gasteiger charge is 2.43. The molecule has 0 saturated heterocycles. The maximum absolute atomic E-state index is 10.4. The molecule has 0 saturated carbocycles. The van der Waals surface area contributed by atoms with Crippen LogP contribution in [-0.2, 0) is 13.9 Å². The quantitative estimate of drug-likeness (QED) is 0.302. The molecule has 2 atom stereocenters. The Kier molecular flexibility index (Phi) is 4.41. The van der Waals surface area contributed by atoms with E-state index in [1.807, 2.05) is 0 Å². The smallest absolute Gasteiger partial charge is 0.471 e. The second-order valence-corrected chi connectivity index (χ2v) is 4.70. The molecule has 8 nitrogen and oxygen atoms in total. The molecule has 0 rings (SSSR count). The first kappa shape index (κ1) is 14.5. The molecule has 15 heavy (non-hydrogen) atoms. The van der Waals surface area contributed by atoms with Crippen molar-refractivity contribution in [2.24, 2.45) is 5.41 Å². The number of hydrogen-bond donors (Lipinski definition) is 5. The summed E-state index contributed by atoms with van der Waals surface area (Å²) in [6, 6.07) is 0. The van der Waals surface area contributed by atoms with Crippen molar-refractivity contribution >= 4 is 13.8 Å². The molecule has 0 aliphatic rings. The maximum Gasteiger partial charge on any atom is 0.471 e.